The SMILES string of the molecule is CCC(=O)OCCCCCCCCCCOc1ccc(N=Nc2ccc(N=Nc3ccc(N4CCCCOC4)cc3)cc2)cc1. The Morgan fingerprint density at radius 2 is 1.16 bits per heavy atom. The third kappa shape index (κ3) is 13.2. The molecule has 0 saturated carbocycles. The molecule has 4 rings (SSSR count). The number of ether oxygens (including phenoxy) is 3. The summed E-state index contributed by atoms with van der Waals surface area (Å²) < 4.78 is 16.6. The van der Waals surface area contributed by atoms with Crippen LogP contribution >= 0.6 is 0 Å². The number of carbonyl (C=O) groups is 1. The number of unbranched alkanes of at least 4 members (excludes halogenated alkanes) is 7. The number of esters is 1. The molecule has 1 aliphatic heterocycles. The van der Waals surface area contributed by atoms with Crippen molar-refractivity contribution in [2.24, 2.45) is 20.5 Å². The van der Waals surface area contributed by atoms with Gasteiger partial charge in [-0.3, -0.25) is 4.79 Å². The Kier molecular flexibility index (Phi) is 15.0. The molecule has 0 unspecified atom stereocenters. The summed E-state index contributed by atoms with van der Waals surface area (Å²) in [5, 5.41) is 17.4. The van der Waals surface area contributed by atoms with Gasteiger partial charge in [-0.15, -0.1) is 0 Å². The first-order chi connectivity index (χ1) is 22.2. The van der Waals surface area contributed by atoms with Gasteiger partial charge in [0.1, 0.15) is 12.5 Å². The van der Waals surface area contributed by atoms with Gasteiger partial charge in [0.25, 0.3) is 0 Å². The van der Waals surface area contributed by atoms with Crippen molar-refractivity contribution in [2.75, 3.05) is 38.0 Å². The van der Waals surface area contributed by atoms with E-state index < -0.39 is 0 Å². The Morgan fingerprint density at radius 1 is 0.667 bits per heavy atom. The van der Waals surface area contributed by atoms with Gasteiger partial charge in [0.05, 0.1) is 36.0 Å². The first-order valence-corrected chi connectivity index (χ1v) is 16.4. The minimum Gasteiger partial charge on any atom is -0.494 e. The number of hydrogen-bond acceptors (Lipinski definition) is 9. The molecule has 0 atom stereocenters. The van der Waals surface area contributed by atoms with Crippen LogP contribution in [0.1, 0.15) is 77.6 Å². The Balaban J connectivity index is 1.08. The van der Waals surface area contributed by atoms with Crippen LogP contribution in [0, 0.1) is 0 Å². The molecule has 0 N–H and O–H groups in total. The number of nitrogens with zero attached hydrogens (tertiary/aromatic N) is 5. The van der Waals surface area contributed by atoms with Crippen molar-refractivity contribution in [3.05, 3.63) is 72.8 Å². The van der Waals surface area contributed by atoms with Gasteiger partial charge in [-0.1, -0.05) is 45.4 Å². The Bertz CT molecular complexity index is 1300. The highest BCUT2D eigenvalue weighted by atomic mass is 16.5. The standard InChI is InChI=1S/C36H47N5O4/c1-2-36(42)45-28-11-8-6-4-3-5-7-10-27-44-35-23-19-33(20-24-35)40-38-31-15-13-30(14-16-31)37-39-32-17-21-34(22-18-32)41-25-9-12-26-43-29-41/h13-24H,2-12,25-29H2,1H3. The Morgan fingerprint density at radius 3 is 1.71 bits per heavy atom. The van der Waals surface area contributed by atoms with Crippen LogP contribution in [-0.2, 0) is 14.3 Å². The summed E-state index contributed by atoms with van der Waals surface area (Å²) in [5.41, 5.74) is 4.21. The minimum atomic E-state index is -0.103. The first-order valence-electron chi connectivity index (χ1n) is 16.4. The van der Waals surface area contributed by atoms with Crippen molar-refractivity contribution < 1.29 is 19.0 Å². The molecule has 0 aromatic heterocycles. The highest BCUT2D eigenvalue weighted by Crippen LogP contribution is 2.26. The van der Waals surface area contributed by atoms with Crippen LogP contribution in [0.5, 0.6) is 5.75 Å². The maximum Gasteiger partial charge on any atom is 0.305 e. The molecule has 0 bridgehead atoms. The zero-order valence-corrected chi connectivity index (χ0v) is 26.6. The predicted octanol–water partition coefficient (Wildman–Crippen LogP) is 10.5. The second-order valence-electron chi connectivity index (χ2n) is 11.2. The lowest BCUT2D eigenvalue weighted by molar-refractivity contribution is -0.143. The van der Waals surface area contributed by atoms with E-state index in [4.69, 9.17) is 14.2 Å². The quantitative estimate of drug-likeness (QED) is 0.0807. The van der Waals surface area contributed by atoms with Crippen molar-refractivity contribution in [3.63, 3.8) is 0 Å². The lowest BCUT2D eigenvalue weighted by atomic mass is 10.1. The smallest absolute Gasteiger partial charge is 0.305 e. The molecule has 0 amide bonds. The summed E-state index contributed by atoms with van der Waals surface area (Å²) in [5.74, 6) is 0.743. The molecule has 3 aromatic rings. The summed E-state index contributed by atoms with van der Waals surface area (Å²) in [6.45, 7) is 5.57. The van der Waals surface area contributed by atoms with Crippen molar-refractivity contribution in [1.29, 1.82) is 0 Å². The molecular weight excluding hydrogens is 566 g/mol. The fraction of sp³-hybridized carbons (Fsp3) is 0.472. The molecule has 3 aromatic carbocycles. The third-order valence-corrected chi connectivity index (χ3v) is 7.54. The van der Waals surface area contributed by atoms with E-state index in [9.17, 15) is 4.79 Å². The molecule has 1 heterocycles. The Labute approximate surface area is 267 Å². The van der Waals surface area contributed by atoms with Crippen LogP contribution in [0.25, 0.3) is 0 Å². The maximum absolute atomic E-state index is 11.1. The van der Waals surface area contributed by atoms with Crippen LogP contribution in [0.2, 0.25) is 0 Å². The van der Waals surface area contributed by atoms with E-state index in [1.807, 2.05) is 67.6 Å². The van der Waals surface area contributed by atoms with Crippen molar-refractivity contribution in [3.8, 4) is 5.75 Å². The molecule has 45 heavy (non-hydrogen) atoms. The van der Waals surface area contributed by atoms with Gasteiger partial charge < -0.3 is 19.1 Å². The lowest BCUT2D eigenvalue weighted by Crippen LogP contribution is -2.24. The monoisotopic (exact) mass is 613 g/mol. The van der Waals surface area contributed by atoms with Crippen molar-refractivity contribution >= 4 is 34.4 Å². The van der Waals surface area contributed by atoms with Crippen LogP contribution in [0.15, 0.2) is 93.3 Å². The predicted molar refractivity (Wildman–Crippen MR) is 179 cm³/mol. The van der Waals surface area contributed by atoms with E-state index in [1.165, 1.54) is 32.1 Å². The summed E-state index contributed by atoms with van der Waals surface area (Å²) in [4.78, 5) is 13.3. The second kappa shape index (κ2) is 20.0. The maximum atomic E-state index is 11.1. The molecule has 1 fully saturated rings. The fourth-order valence-electron chi connectivity index (χ4n) is 4.85. The molecule has 9 heteroatoms. The number of anilines is 1. The molecule has 9 nitrogen and oxygen atoms in total. The number of benzene rings is 3. The summed E-state index contributed by atoms with van der Waals surface area (Å²) >= 11 is 0. The largest absolute Gasteiger partial charge is 0.494 e. The van der Waals surface area contributed by atoms with Gasteiger partial charge in [-0.05, 0) is 98.5 Å². The average Bonchev–Trinajstić information content (AvgIpc) is 3.38. The summed E-state index contributed by atoms with van der Waals surface area (Å²) in [7, 11) is 0. The van der Waals surface area contributed by atoms with Crippen LogP contribution < -0.4 is 9.64 Å². The van der Waals surface area contributed by atoms with Crippen LogP contribution in [-0.4, -0.2) is 39.1 Å². The van der Waals surface area contributed by atoms with Gasteiger partial charge in [0.2, 0.25) is 0 Å². The normalized spacial score (nSPS) is 13.8. The lowest BCUT2D eigenvalue weighted by Gasteiger charge is -2.21. The fourth-order valence-corrected chi connectivity index (χ4v) is 4.85. The third-order valence-electron chi connectivity index (χ3n) is 7.54. The summed E-state index contributed by atoms with van der Waals surface area (Å²) in [6.07, 6.45) is 11.9. The molecule has 0 spiro atoms. The van der Waals surface area contributed by atoms with E-state index in [-0.39, 0.29) is 5.97 Å². The van der Waals surface area contributed by atoms with Crippen molar-refractivity contribution in [2.45, 2.75) is 77.6 Å². The van der Waals surface area contributed by atoms with E-state index >= 15 is 0 Å². The molecular formula is C36H47N5O4. The molecule has 0 radical (unpaired) electrons. The van der Waals surface area contributed by atoms with E-state index in [2.05, 4.69) is 37.5 Å². The van der Waals surface area contributed by atoms with Gasteiger partial charge >= 0.3 is 5.97 Å². The molecule has 1 aliphatic rings. The average molecular weight is 614 g/mol. The highest BCUT2D eigenvalue weighted by molar-refractivity contribution is 5.68. The van der Waals surface area contributed by atoms with Gasteiger partial charge in [0.15, 0.2) is 0 Å². The highest BCUT2D eigenvalue weighted by Gasteiger charge is 2.09. The number of azo groups is 2. The molecule has 1 saturated heterocycles. The van der Waals surface area contributed by atoms with E-state index in [1.54, 1.807) is 0 Å². The second-order valence-corrected chi connectivity index (χ2v) is 11.2. The number of carbonyl (C=O) groups excluding carboxylic acids is 1. The number of rotatable bonds is 18. The zero-order chi connectivity index (χ0) is 31.4. The zero-order valence-electron chi connectivity index (χ0n) is 26.6. The van der Waals surface area contributed by atoms with Gasteiger partial charge in [-0.2, -0.15) is 20.5 Å². The van der Waals surface area contributed by atoms with Gasteiger partial charge in [0, 0.05) is 25.3 Å². The minimum absolute atomic E-state index is 0.103. The van der Waals surface area contributed by atoms with Crippen LogP contribution in [0.3, 0.4) is 0 Å². The first kappa shape index (κ1) is 33.8. The number of hydrogen-bond donors (Lipinski definition) is 0. The topological polar surface area (TPSA) is 97.4 Å². The molecule has 240 valence electrons. The molecule has 0 aliphatic carbocycles. The van der Waals surface area contributed by atoms with Crippen LogP contribution in [0.4, 0.5) is 28.4 Å². The Hall–Kier alpha value is -4.11. The van der Waals surface area contributed by atoms with Crippen molar-refractivity contribution in [1.82, 2.24) is 0 Å². The van der Waals surface area contributed by atoms with Gasteiger partial charge in [-0.25, -0.2) is 0 Å². The van der Waals surface area contributed by atoms with E-state index in [0.717, 1.165) is 79.4 Å². The summed E-state index contributed by atoms with van der Waals surface area (Å²) in [6, 6.07) is 23.3. The van der Waals surface area contributed by atoms with E-state index in [0.29, 0.717) is 26.4 Å².